The van der Waals surface area contributed by atoms with E-state index >= 15 is 0 Å². The van der Waals surface area contributed by atoms with Crippen LogP contribution in [-0.4, -0.2) is 88.7 Å². The van der Waals surface area contributed by atoms with E-state index < -0.39 is 0 Å². The van der Waals surface area contributed by atoms with Crippen molar-refractivity contribution >= 4 is 0 Å². The summed E-state index contributed by atoms with van der Waals surface area (Å²) in [6, 6.07) is 13.2. The minimum Gasteiger partial charge on any atom is -0.492 e. The minimum absolute atomic E-state index is 0.117. The second-order valence-corrected chi connectivity index (χ2v) is 10.2. The molecular weight excluding hydrogens is 440 g/mol. The maximum atomic E-state index is 6.12. The monoisotopic (exact) mass is 482 g/mol. The summed E-state index contributed by atoms with van der Waals surface area (Å²) in [5.74, 6) is 1.94. The molecule has 0 atom stereocenters. The normalized spacial score (nSPS) is 17.9. The van der Waals surface area contributed by atoms with Crippen molar-refractivity contribution in [1.29, 1.82) is 0 Å². The summed E-state index contributed by atoms with van der Waals surface area (Å²) in [5.41, 5.74) is 4.82. The smallest absolute Gasteiger partial charge is 0.122 e. The third kappa shape index (κ3) is 6.98. The van der Waals surface area contributed by atoms with Gasteiger partial charge in [-0.15, -0.1) is 0 Å². The van der Waals surface area contributed by atoms with Crippen molar-refractivity contribution in [2.24, 2.45) is 0 Å². The second-order valence-electron chi connectivity index (χ2n) is 10.2. The van der Waals surface area contributed by atoms with Crippen LogP contribution >= 0.6 is 0 Å². The molecule has 0 aliphatic carbocycles. The van der Waals surface area contributed by atoms with Crippen molar-refractivity contribution in [3.8, 4) is 11.5 Å². The standard InChI is InChI=1S/C29H42N2O4/c1-23-21-25(5-7-27(23)34-19-13-30-9-15-32-16-10-30)29(3,4)26-6-8-28(24(2)22-26)35-20-14-31-11-17-33-18-12-31/h5-8,21-22H,9-20H2,1-4H3. The van der Waals surface area contributed by atoms with E-state index in [4.69, 9.17) is 18.9 Å². The maximum absolute atomic E-state index is 6.12. The number of nitrogens with zero attached hydrogens (tertiary/aromatic N) is 2. The van der Waals surface area contributed by atoms with Crippen molar-refractivity contribution < 1.29 is 18.9 Å². The number of morpholine rings is 2. The zero-order valence-corrected chi connectivity index (χ0v) is 22.0. The zero-order valence-electron chi connectivity index (χ0n) is 22.0. The van der Waals surface area contributed by atoms with E-state index in [9.17, 15) is 0 Å². The molecule has 2 aromatic carbocycles. The largest absolute Gasteiger partial charge is 0.492 e. The molecule has 0 radical (unpaired) electrons. The van der Waals surface area contributed by atoms with Gasteiger partial charge in [0.05, 0.1) is 26.4 Å². The Balaban J connectivity index is 1.34. The molecule has 0 saturated carbocycles. The maximum Gasteiger partial charge on any atom is 0.122 e. The van der Waals surface area contributed by atoms with Crippen LogP contribution in [0, 0.1) is 13.8 Å². The molecule has 2 heterocycles. The predicted molar refractivity (Wildman–Crippen MR) is 140 cm³/mol. The molecule has 2 fully saturated rings. The van der Waals surface area contributed by atoms with Crippen LogP contribution in [0.5, 0.6) is 11.5 Å². The van der Waals surface area contributed by atoms with Gasteiger partial charge in [0.15, 0.2) is 0 Å². The minimum atomic E-state index is -0.117. The Morgan fingerprint density at radius 2 is 1.09 bits per heavy atom. The predicted octanol–water partition coefficient (Wildman–Crippen LogP) is 4.05. The zero-order chi connectivity index (χ0) is 24.7. The third-order valence-corrected chi connectivity index (χ3v) is 7.33. The van der Waals surface area contributed by atoms with Crippen molar-refractivity contribution in [1.82, 2.24) is 9.80 Å². The first kappa shape index (κ1) is 26.0. The Morgan fingerprint density at radius 1 is 0.686 bits per heavy atom. The van der Waals surface area contributed by atoms with E-state index in [1.165, 1.54) is 22.3 Å². The highest BCUT2D eigenvalue weighted by molar-refractivity contribution is 5.47. The Hall–Kier alpha value is -2.12. The number of hydrogen-bond donors (Lipinski definition) is 0. The molecule has 4 rings (SSSR count). The van der Waals surface area contributed by atoms with Gasteiger partial charge in [0, 0.05) is 44.7 Å². The molecule has 0 spiro atoms. The van der Waals surface area contributed by atoms with Crippen LogP contribution in [0.3, 0.4) is 0 Å². The fourth-order valence-corrected chi connectivity index (χ4v) is 4.79. The van der Waals surface area contributed by atoms with E-state index in [1.807, 2.05) is 0 Å². The van der Waals surface area contributed by atoms with Crippen molar-refractivity contribution in [3.63, 3.8) is 0 Å². The molecule has 2 aromatic rings. The highest BCUT2D eigenvalue weighted by atomic mass is 16.5. The number of benzene rings is 2. The average Bonchev–Trinajstić information content (AvgIpc) is 2.87. The number of rotatable bonds is 10. The van der Waals surface area contributed by atoms with Crippen LogP contribution in [0.1, 0.15) is 36.1 Å². The van der Waals surface area contributed by atoms with E-state index in [1.54, 1.807) is 0 Å². The quantitative estimate of drug-likeness (QED) is 0.509. The van der Waals surface area contributed by atoms with Gasteiger partial charge in [-0.3, -0.25) is 9.80 Å². The highest BCUT2D eigenvalue weighted by Crippen LogP contribution is 2.36. The van der Waals surface area contributed by atoms with E-state index in [0.717, 1.165) is 77.2 Å². The lowest BCUT2D eigenvalue weighted by atomic mass is 9.77. The van der Waals surface area contributed by atoms with Crippen LogP contribution in [0.25, 0.3) is 0 Å². The van der Waals surface area contributed by atoms with Crippen LogP contribution in [0.4, 0.5) is 0 Å². The highest BCUT2D eigenvalue weighted by Gasteiger charge is 2.25. The topological polar surface area (TPSA) is 43.4 Å². The van der Waals surface area contributed by atoms with E-state index in [-0.39, 0.29) is 5.41 Å². The lowest BCUT2D eigenvalue weighted by Crippen LogP contribution is -2.38. The van der Waals surface area contributed by atoms with E-state index in [2.05, 4.69) is 73.9 Å². The number of ether oxygens (including phenoxy) is 4. The van der Waals surface area contributed by atoms with Crippen LogP contribution in [-0.2, 0) is 14.9 Å². The van der Waals surface area contributed by atoms with Gasteiger partial charge < -0.3 is 18.9 Å². The van der Waals surface area contributed by atoms with E-state index in [0.29, 0.717) is 13.2 Å². The van der Waals surface area contributed by atoms with Crippen molar-refractivity contribution in [2.75, 3.05) is 78.9 Å². The molecule has 6 nitrogen and oxygen atoms in total. The fraction of sp³-hybridized carbons (Fsp3) is 0.586. The summed E-state index contributed by atoms with van der Waals surface area (Å²) in [4.78, 5) is 4.79. The first-order chi connectivity index (χ1) is 16.9. The first-order valence-corrected chi connectivity index (χ1v) is 13.0. The molecule has 6 heteroatoms. The molecule has 0 amide bonds. The molecular formula is C29H42N2O4. The Kier molecular flexibility index (Phi) is 9.06. The molecule has 0 aromatic heterocycles. The van der Waals surface area contributed by atoms with Gasteiger partial charge in [0.25, 0.3) is 0 Å². The summed E-state index contributed by atoms with van der Waals surface area (Å²) in [5, 5.41) is 0. The summed E-state index contributed by atoms with van der Waals surface area (Å²) < 4.78 is 23.1. The van der Waals surface area contributed by atoms with Gasteiger partial charge in [0.2, 0.25) is 0 Å². The molecule has 2 aliphatic heterocycles. The molecule has 2 saturated heterocycles. The van der Waals surface area contributed by atoms with Gasteiger partial charge in [-0.1, -0.05) is 38.1 Å². The van der Waals surface area contributed by atoms with Gasteiger partial charge in [0.1, 0.15) is 24.7 Å². The van der Waals surface area contributed by atoms with Gasteiger partial charge in [-0.2, -0.15) is 0 Å². The molecule has 0 bridgehead atoms. The summed E-state index contributed by atoms with van der Waals surface area (Å²) in [7, 11) is 0. The summed E-state index contributed by atoms with van der Waals surface area (Å²) in [6.07, 6.45) is 0. The molecule has 192 valence electrons. The van der Waals surface area contributed by atoms with Crippen molar-refractivity contribution in [3.05, 3.63) is 58.7 Å². The Labute approximate surface area is 211 Å². The molecule has 0 unspecified atom stereocenters. The molecule has 0 N–H and O–H groups in total. The van der Waals surface area contributed by atoms with Crippen LogP contribution < -0.4 is 9.47 Å². The fourth-order valence-electron chi connectivity index (χ4n) is 4.79. The van der Waals surface area contributed by atoms with Gasteiger partial charge in [-0.25, -0.2) is 0 Å². The lowest BCUT2D eigenvalue weighted by molar-refractivity contribution is 0.0321. The summed E-state index contributed by atoms with van der Waals surface area (Å²) in [6.45, 7) is 19.4. The first-order valence-electron chi connectivity index (χ1n) is 13.0. The molecule has 2 aliphatic rings. The molecule has 35 heavy (non-hydrogen) atoms. The average molecular weight is 483 g/mol. The van der Waals surface area contributed by atoms with Gasteiger partial charge >= 0.3 is 0 Å². The van der Waals surface area contributed by atoms with Crippen LogP contribution in [0.15, 0.2) is 36.4 Å². The summed E-state index contributed by atoms with van der Waals surface area (Å²) >= 11 is 0. The van der Waals surface area contributed by atoms with Gasteiger partial charge in [-0.05, 0) is 48.2 Å². The number of hydrogen-bond acceptors (Lipinski definition) is 6. The second kappa shape index (κ2) is 12.2. The van der Waals surface area contributed by atoms with Crippen LogP contribution in [0.2, 0.25) is 0 Å². The Morgan fingerprint density at radius 3 is 1.46 bits per heavy atom. The third-order valence-electron chi connectivity index (χ3n) is 7.33. The number of aryl methyl sites for hydroxylation is 2. The van der Waals surface area contributed by atoms with Crippen molar-refractivity contribution in [2.45, 2.75) is 33.1 Å². The lowest BCUT2D eigenvalue weighted by Gasteiger charge is -2.29. The SMILES string of the molecule is Cc1cc(C(C)(C)c2ccc(OCCN3CCOCC3)c(C)c2)ccc1OCCN1CCOCC1. The Bertz CT molecular complexity index is 874.